The zero-order valence-corrected chi connectivity index (χ0v) is 12.5. The van der Waals surface area contributed by atoms with E-state index in [1.165, 1.54) is 30.5 Å². The molecule has 1 N–H and O–H groups in total. The first-order valence-corrected chi connectivity index (χ1v) is 7.77. The number of nitrogens with zero attached hydrogens (tertiary/aromatic N) is 1. The monoisotopic (exact) mass is 328 g/mol. The molecule has 4 nitrogen and oxygen atoms in total. The predicted molar refractivity (Wildman–Crippen MR) is 80.8 cm³/mol. The van der Waals surface area contributed by atoms with Crippen LogP contribution in [0.15, 0.2) is 58.5 Å². The topological polar surface area (TPSA) is 58.5 Å². The molecule has 0 aliphatic rings. The van der Waals surface area contributed by atoms with Crippen molar-refractivity contribution >= 4 is 39.4 Å². The van der Waals surface area contributed by atoms with Crippen molar-refractivity contribution in [1.29, 1.82) is 0 Å². The van der Waals surface area contributed by atoms with Gasteiger partial charge in [-0.25, -0.2) is 4.83 Å². The lowest BCUT2D eigenvalue weighted by Crippen LogP contribution is -2.18. The van der Waals surface area contributed by atoms with Crippen LogP contribution in [0.5, 0.6) is 0 Å². The van der Waals surface area contributed by atoms with Crippen molar-refractivity contribution in [3.63, 3.8) is 0 Å². The van der Waals surface area contributed by atoms with E-state index < -0.39 is 10.0 Å². The zero-order chi connectivity index (χ0) is 14.6. The summed E-state index contributed by atoms with van der Waals surface area (Å²) in [6, 6.07) is 12.6. The molecule has 0 fully saturated rings. The number of hydrogen-bond donors (Lipinski definition) is 1. The number of rotatable bonds is 4. The minimum Gasteiger partial charge on any atom is -0.200 e. The molecule has 0 amide bonds. The molecule has 0 aliphatic heterocycles. The molecule has 0 radical (unpaired) electrons. The Morgan fingerprint density at radius 2 is 1.40 bits per heavy atom. The number of benzene rings is 2. The molecule has 0 saturated heterocycles. The lowest BCUT2D eigenvalue weighted by atomic mass is 10.2. The van der Waals surface area contributed by atoms with E-state index in [9.17, 15) is 8.42 Å². The summed E-state index contributed by atoms with van der Waals surface area (Å²) in [7, 11) is -3.69. The summed E-state index contributed by atoms with van der Waals surface area (Å²) in [5.74, 6) is 0. The molecule has 104 valence electrons. The van der Waals surface area contributed by atoms with Gasteiger partial charge >= 0.3 is 0 Å². The predicted octanol–water partition coefficient (Wildman–Crippen LogP) is 3.31. The van der Waals surface area contributed by atoms with E-state index in [0.29, 0.717) is 10.0 Å². The standard InChI is InChI=1S/C13H10Cl2N2O2S/c14-11-3-1-10(2-4-11)9-16-17-20(18,19)13-7-5-12(15)6-8-13/h1-9,17H/b16-9+. The van der Waals surface area contributed by atoms with Crippen LogP contribution in [0, 0.1) is 0 Å². The van der Waals surface area contributed by atoms with Crippen LogP contribution in [-0.4, -0.2) is 14.6 Å². The van der Waals surface area contributed by atoms with Crippen molar-refractivity contribution < 1.29 is 8.42 Å². The minimum absolute atomic E-state index is 0.0927. The molecule has 0 aliphatic carbocycles. The summed E-state index contributed by atoms with van der Waals surface area (Å²) in [4.78, 5) is 2.22. The molecule has 2 aromatic rings. The van der Waals surface area contributed by atoms with E-state index in [1.54, 1.807) is 24.3 Å². The first kappa shape index (κ1) is 14.8. The molecule has 0 heterocycles. The maximum atomic E-state index is 11.9. The summed E-state index contributed by atoms with van der Waals surface area (Å²) in [6.45, 7) is 0. The SMILES string of the molecule is O=S(=O)(N/N=C/c1ccc(Cl)cc1)c1ccc(Cl)cc1. The summed E-state index contributed by atoms with van der Waals surface area (Å²) in [5, 5.41) is 4.77. The molecule has 0 aromatic heterocycles. The second-order valence-corrected chi connectivity index (χ2v) is 6.39. The van der Waals surface area contributed by atoms with Crippen molar-refractivity contribution in [1.82, 2.24) is 4.83 Å². The Morgan fingerprint density at radius 1 is 0.900 bits per heavy atom. The number of hydrazone groups is 1. The highest BCUT2D eigenvalue weighted by Gasteiger charge is 2.11. The summed E-state index contributed by atoms with van der Waals surface area (Å²) < 4.78 is 23.8. The number of halogens is 2. The summed E-state index contributed by atoms with van der Waals surface area (Å²) in [5.41, 5.74) is 0.730. The largest absolute Gasteiger partial charge is 0.276 e. The third-order valence-corrected chi connectivity index (χ3v) is 4.12. The van der Waals surface area contributed by atoms with Gasteiger partial charge in [0.1, 0.15) is 0 Å². The Labute approximate surface area is 127 Å². The van der Waals surface area contributed by atoms with Gasteiger partial charge in [-0.15, -0.1) is 0 Å². The van der Waals surface area contributed by atoms with Crippen LogP contribution in [-0.2, 0) is 10.0 Å². The van der Waals surface area contributed by atoms with E-state index in [-0.39, 0.29) is 4.90 Å². The van der Waals surface area contributed by atoms with Crippen molar-refractivity contribution in [2.45, 2.75) is 4.90 Å². The Morgan fingerprint density at radius 3 is 1.95 bits per heavy atom. The molecule has 0 bridgehead atoms. The van der Waals surface area contributed by atoms with Crippen LogP contribution < -0.4 is 4.83 Å². The molecule has 2 aromatic carbocycles. The van der Waals surface area contributed by atoms with E-state index in [1.807, 2.05) is 0 Å². The molecule has 0 spiro atoms. The van der Waals surface area contributed by atoms with Crippen LogP contribution in [0.1, 0.15) is 5.56 Å². The molecule has 20 heavy (non-hydrogen) atoms. The van der Waals surface area contributed by atoms with Crippen LogP contribution in [0.3, 0.4) is 0 Å². The Bertz CT molecular complexity index is 711. The van der Waals surface area contributed by atoms with Gasteiger partial charge in [-0.1, -0.05) is 35.3 Å². The Balaban J connectivity index is 2.09. The molecular formula is C13H10Cl2N2O2S. The molecule has 0 saturated carbocycles. The number of sulfonamides is 1. The zero-order valence-electron chi connectivity index (χ0n) is 10.1. The highest BCUT2D eigenvalue weighted by molar-refractivity contribution is 7.89. The van der Waals surface area contributed by atoms with Crippen LogP contribution >= 0.6 is 23.2 Å². The molecular weight excluding hydrogens is 319 g/mol. The lowest BCUT2D eigenvalue weighted by molar-refractivity contribution is 0.584. The van der Waals surface area contributed by atoms with Gasteiger partial charge in [-0.3, -0.25) is 0 Å². The molecule has 0 atom stereocenters. The average Bonchev–Trinajstić information content (AvgIpc) is 2.41. The smallest absolute Gasteiger partial charge is 0.200 e. The van der Waals surface area contributed by atoms with E-state index in [4.69, 9.17) is 23.2 Å². The fourth-order valence-corrected chi connectivity index (χ4v) is 2.43. The Kier molecular flexibility index (Phi) is 4.65. The van der Waals surface area contributed by atoms with Gasteiger partial charge in [-0.05, 0) is 42.0 Å². The number of hydrogen-bond acceptors (Lipinski definition) is 3. The third kappa shape index (κ3) is 3.96. The fourth-order valence-electron chi connectivity index (χ4n) is 1.39. The van der Waals surface area contributed by atoms with Crippen LogP contribution in [0.4, 0.5) is 0 Å². The van der Waals surface area contributed by atoms with Gasteiger partial charge in [0.05, 0.1) is 11.1 Å². The average molecular weight is 329 g/mol. The molecule has 0 unspecified atom stereocenters. The maximum absolute atomic E-state index is 11.9. The normalized spacial score (nSPS) is 11.7. The highest BCUT2D eigenvalue weighted by Crippen LogP contribution is 2.13. The van der Waals surface area contributed by atoms with Crippen molar-refractivity contribution in [3.8, 4) is 0 Å². The van der Waals surface area contributed by atoms with Gasteiger partial charge in [0.15, 0.2) is 0 Å². The van der Waals surface area contributed by atoms with Gasteiger partial charge in [0, 0.05) is 10.0 Å². The first-order chi connectivity index (χ1) is 9.47. The van der Waals surface area contributed by atoms with Gasteiger partial charge in [0.25, 0.3) is 10.0 Å². The Hall–Kier alpha value is -1.56. The fraction of sp³-hybridized carbons (Fsp3) is 0. The maximum Gasteiger partial charge on any atom is 0.276 e. The number of nitrogens with one attached hydrogen (secondary N) is 1. The van der Waals surface area contributed by atoms with E-state index in [2.05, 4.69) is 9.93 Å². The minimum atomic E-state index is -3.69. The van der Waals surface area contributed by atoms with E-state index >= 15 is 0 Å². The molecule has 7 heteroatoms. The second kappa shape index (κ2) is 6.26. The summed E-state index contributed by atoms with van der Waals surface area (Å²) in [6.07, 6.45) is 1.39. The van der Waals surface area contributed by atoms with Gasteiger partial charge < -0.3 is 0 Å². The quantitative estimate of drug-likeness (QED) is 0.691. The highest BCUT2D eigenvalue weighted by atomic mass is 35.5. The van der Waals surface area contributed by atoms with Crippen molar-refractivity contribution in [2.24, 2.45) is 5.10 Å². The first-order valence-electron chi connectivity index (χ1n) is 5.53. The van der Waals surface area contributed by atoms with Crippen molar-refractivity contribution in [2.75, 3.05) is 0 Å². The van der Waals surface area contributed by atoms with Crippen molar-refractivity contribution in [3.05, 3.63) is 64.1 Å². The second-order valence-electron chi connectivity index (χ2n) is 3.86. The lowest BCUT2D eigenvalue weighted by Gasteiger charge is -2.03. The van der Waals surface area contributed by atoms with E-state index in [0.717, 1.165) is 5.56 Å². The van der Waals surface area contributed by atoms with Crippen LogP contribution in [0.2, 0.25) is 10.0 Å². The van der Waals surface area contributed by atoms with Gasteiger partial charge in [-0.2, -0.15) is 13.5 Å². The summed E-state index contributed by atoms with van der Waals surface area (Å²) >= 11 is 11.4. The van der Waals surface area contributed by atoms with Crippen LogP contribution in [0.25, 0.3) is 0 Å². The third-order valence-electron chi connectivity index (χ3n) is 2.38. The molecule has 2 rings (SSSR count). The van der Waals surface area contributed by atoms with Gasteiger partial charge in [0.2, 0.25) is 0 Å².